The van der Waals surface area contributed by atoms with Crippen LogP contribution in [0.15, 0.2) is 66.1 Å². The molecule has 0 spiro atoms. The number of methoxy groups -OCH3 is 1. The van der Waals surface area contributed by atoms with Crippen LogP contribution in [-0.2, 0) is 15.6 Å². The molecule has 2 aromatic rings. The van der Waals surface area contributed by atoms with Gasteiger partial charge in [-0.25, -0.2) is 8.42 Å². The van der Waals surface area contributed by atoms with Gasteiger partial charge in [-0.15, -0.1) is 0 Å². The van der Waals surface area contributed by atoms with Crippen LogP contribution in [0, 0.1) is 0 Å². The van der Waals surface area contributed by atoms with Crippen LogP contribution in [0.25, 0.3) is 0 Å². The zero-order valence-corrected chi connectivity index (χ0v) is 14.2. The van der Waals surface area contributed by atoms with E-state index in [9.17, 15) is 13.5 Å². The molecule has 0 radical (unpaired) electrons. The van der Waals surface area contributed by atoms with Crippen molar-refractivity contribution in [1.29, 1.82) is 0 Å². The molecule has 1 N–H and O–H groups in total. The molecule has 6 heteroatoms. The van der Waals surface area contributed by atoms with Crippen molar-refractivity contribution in [3.8, 4) is 5.75 Å². The van der Waals surface area contributed by atoms with Gasteiger partial charge in [0.25, 0.3) is 10.0 Å². The van der Waals surface area contributed by atoms with Crippen molar-refractivity contribution in [3.63, 3.8) is 0 Å². The summed E-state index contributed by atoms with van der Waals surface area (Å²) in [7, 11) is -2.21. The van der Waals surface area contributed by atoms with Crippen LogP contribution in [0.1, 0.15) is 12.0 Å². The molecule has 2 aromatic carbocycles. The lowest BCUT2D eigenvalue weighted by atomic mass is 9.86. The summed E-state index contributed by atoms with van der Waals surface area (Å²) in [6.45, 7) is 3.85. The first-order valence-electron chi connectivity index (χ1n) is 7.55. The minimum Gasteiger partial charge on any atom is -0.497 e. The second kappa shape index (κ2) is 5.96. The molecule has 24 heavy (non-hydrogen) atoms. The zero-order valence-electron chi connectivity index (χ0n) is 13.3. The molecule has 1 atom stereocenters. The second-order valence-electron chi connectivity index (χ2n) is 5.65. The molecule has 0 fully saturated rings. The van der Waals surface area contributed by atoms with E-state index < -0.39 is 15.6 Å². The van der Waals surface area contributed by atoms with Gasteiger partial charge in [-0.3, -0.25) is 4.31 Å². The number of hydrogen-bond acceptors (Lipinski definition) is 4. The Morgan fingerprint density at radius 3 is 2.58 bits per heavy atom. The average molecular weight is 345 g/mol. The number of hydrogen-bond donors (Lipinski definition) is 1. The number of aliphatic hydroxyl groups is 1. The first-order chi connectivity index (χ1) is 11.4. The van der Waals surface area contributed by atoms with Gasteiger partial charge in [0.05, 0.1) is 17.7 Å². The average Bonchev–Trinajstić information content (AvgIpc) is 2.62. The third kappa shape index (κ3) is 2.57. The van der Waals surface area contributed by atoms with Crippen molar-refractivity contribution >= 4 is 15.7 Å². The lowest BCUT2D eigenvalue weighted by Crippen LogP contribution is -2.42. The van der Waals surface area contributed by atoms with E-state index in [1.165, 1.54) is 17.5 Å². The van der Waals surface area contributed by atoms with Gasteiger partial charge >= 0.3 is 0 Å². The van der Waals surface area contributed by atoms with Crippen LogP contribution in [0.4, 0.5) is 5.69 Å². The number of rotatable bonds is 4. The summed E-state index contributed by atoms with van der Waals surface area (Å²) in [5, 5.41) is 10.8. The molecule has 1 aliphatic heterocycles. The summed E-state index contributed by atoms with van der Waals surface area (Å²) in [5.74, 6) is 0.523. The number of fused-ring (bicyclic) bond motifs is 1. The van der Waals surface area contributed by atoms with Crippen LogP contribution in [0.3, 0.4) is 0 Å². The van der Waals surface area contributed by atoms with E-state index in [0.29, 0.717) is 17.0 Å². The summed E-state index contributed by atoms with van der Waals surface area (Å²) in [5.41, 5.74) is -0.347. The Hall–Kier alpha value is -2.31. The van der Waals surface area contributed by atoms with E-state index in [0.717, 1.165) is 0 Å². The minimum atomic E-state index is -3.73. The summed E-state index contributed by atoms with van der Waals surface area (Å²) in [4.78, 5) is 0.211. The summed E-state index contributed by atoms with van der Waals surface area (Å²) in [6, 6.07) is 13.3. The van der Waals surface area contributed by atoms with Crippen LogP contribution in [0.5, 0.6) is 5.75 Å². The van der Waals surface area contributed by atoms with Crippen molar-refractivity contribution < 1.29 is 18.3 Å². The van der Waals surface area contributed by atoms with Crippen LogP contribution in [0.2, 0.25) is 0 Å². The van der Waals surface area contributed by atoms with Gasteiger partial charge in [0.15, 0.2) is 0 Å². The van der Waals surface area contributed by atoms with Crippen LogP contribution in [-0.4, -0.2) is 27.2 Å². The van der Waals surface area contributed by atoms with Crippen molar-refractivity contribution in [2.24, 2.45) is 0 Å². The molecule has 1 heterocycles. The number of ether oxygens (including phenoxy) is 1. The maximum Gasteiger partial charge on any atom is 0.264 e. The zero-order chi connectivity index (χ0) is 17.4. The van der Waals surface area contributed by atoms with E-state index in [-0.39, 0.29) is 17.9 Å². The normalized spacial score (nSPS) is 20.3. The van der Waals surface area contributed by atoms with E-state index in [1.807, 2.05) is 0 Å². The number of sulfonamides is 1. The fourth-order valence-electron chi connectivity index (χ4n) is 2.92. The SMILES string of the molecule is C=CC1(O)CCN(S(=O)(=O)c2ccccc2)c2cc(OC)ccc21. The molecular weight excluding hydrogens is 326 g/mol. The highest BCUT2D eigenvalue weighted by Crippen LogP contribution is 2.43. The summed E-state index contributed by atoms with van der Waals surface area (Å²) >= 11 is 0. The van der Waals surface area contributed by atoms with Gasteiger partial charge in [-0.05, 0) is 18.2 Å². The highest BCUT2D eigenvalue weighted by Gasteiger charge is 2.39. The first-order valence-corrected chi connectivity index (χ1v) is 8.99. The maximum absolute atomic E-state index is 13.0. The largest absolute Gasteiger partial charge is 0.497 e. The highest BCUT2D eigenvalue weighted by atomic mass is 32.2. The Labute approximate surface area is 141 Å². The summed E-state index contributed by atoms with van der Waals surface area (Å²) < 4.78 is 32.6. The van der Waals surface area contributed by atoms with Gasteiger partial charge in [0.1, 0.15) is 11.4 Å². The molecule has 1 aliphatic rings. The predicted octanol–water partition coefficient (Wildman–Crippen LogP) is 2.67. The van der Waals surface area contributed by atoms with Gasteiger partial charge in [-0.2, -0.15) is 0 Å². The second-order valence-corrected chi connectivity index (χ2v) is 7.51. The quantitative estimate of drug-likeness (QED) is 0.865. The van der Waals surface area contributed by atoms with Gasteiger partial charge < -0.3 is 9.84 Å². The number of benzene rings is 2. The monoisotopic (exact) mass is 345 g/mol. The molecule has 0 aromatic heterocycles. The molecular formula is C18H19NO4S. The Balaban J connectivity index is 2.18. The first kappa shape index (κ1) is 16.5. The molecule has 0 amide bonds. The Morgan fingerprint density at radius 2 is 1.96 bits per heavy atom. The Kier molecular flexibility index (Phi) is 4.11. The lowest BCUT2D eigenvalue weighted by Gasteiger charge is -2.38. The molecule has 126 valence electrons. The Morgan fingerprint density at radius 1 is 1.25 bits per heavy atom. The fourth-order valence-corrected chi connectivity index (χ4v) is 4.42. The molecule has 0 saturated heterocycles. The summed E-state index contributed by atoms with van der Waals surface area (Å²) in [6.07, 6.45) is 1.69. The van der Waals surface area contributed by atoms with Crippen molar-refractivity contribution in [2.75, 3.05) is 18.0 Å². The van der Waals surface area contributed by atoms with E-state index in [1.54, 1.807) is 48.5 Å². The topological polar surface area (TPSA) is 66.8 Å². The van der Waals surface area contributed by atoms with E-state index in [2.05, 4.69) is 6.58 Å². The number of nitrogens with zero attached hydrogens (tertiary/aromatic N) is 1. The maximum atomic E-state index is 13.0. The molecule has 3 rings (SSSR count). The van der Waals surface area contributed by atoms with Gasteiger partial charge in [0, 0.05) is 24.6 Å². The molecule has 5 nitrogen and oxygen atoms in total. The smallest absolute Gasteiger partial charge is 0.264 e. The third-order valence-electron chi connectivity index (χ3n) is 4.30. The number of anilines is 1. The standard InChI is InChI=1S/C18H19NO4S/c1-3-18(20)11-12-19(17-13-14(23-2)9-10-16(17)18)24(21,22)15-7-5-4-6-8-15/h3-10,13,20H,1,11-12H2,2H3. The fraction of sp³-hybridized carbons (Fsp3) is 0.222. The predicted molar refractivity (Wildman–Crippen MR) is 92.7 cm³/mol. The van der Waals surface area contributed by atoms with Crippen molar-refractivity contribution in [2.45, 2.75) is 16.9 Å². The van der Waals surface area contributed by atoms with E-state index >= 15 is 0 Å². The van der Waals surface area contributed by atoms with Gasteiger partial charge in [0.2, 0.25) is 0 Å². The molecule has 0 bridgehead atoms. The van der Waals surface area contributed by atoms with Crippen LogP contribution < -0.4 is 9.04 Å². The van der Waals surface area contributed by atoms with E-state index in [4.69, 9.17) is 4.74 Å². The minimum absolute atomic E-state index is 0.153. The molecule has 0 saturated carbocycles. The molecule has 0 aliphatic carbocycles. The molecule has 1 unspecified atom stereocenters. The van der Waals surface area contributed by atoms with Crippen LogP contribution >= 0.6 is 0 Å². The lowest BCUT2D eigenvalue weighted by molar-refractivity contribution is 0.0793. The van der Waals surface area contributed by atoms with Gasteiger partial charge in [-0.1, -0.05) is 36.9 Å². The van der Waals surface area contributed by atoms with Crippen molar-refractivity contribution in [1.82, 2.24) is 0 Å². The van der Waals surface area contributed by atoms with Crippen molar-refractivity contribution in [3.05, 3.63) is 66.7 Å². The Bertz CT molecular complexity index is 864. The highest BCUT2D eigenvalue weighted by molar-refractivity contribution is 7.92. The third-order valence-corrected chi connectivity index (χ3v) is 6.13.